The van der Waals surface area contributed by atoms with Gasteiger partial charge in [0.05, 0.1) is 18.7 Å². The quantitative estimate of drug-likeness (QED) is 0.856. The molecule has 5 atom stereocenters. The molecule has 4 heteroatoms. The number of piperidine rings is 1. The highest BCUT2D eigenvalue weighted by atomic mass is 16.5. The number of fused-ring (bicyclic) bond motifs is 1. The topological polar surface area (TPSA) is 41.6 Å². The van der Waals surface area contributed by atoms with Crippen LogP contribution in [0.1, 0.15) is 48.5 Å². The summed E-state index contributed by atoms with van der Waals surface area (Å²) < 4.78 is 5.55. The number of benzene rings is 2. The second-order valence-corrected chi connectivity index (χ2v) is 9.15. The lowest BCUT2D eigenvalue weighted by Crippen LogP contribution is -2.62. The Morgan fingerprint density at radius 1 is 1.14 bits per heavy atom. The van der Waals surface area contributed by atoms with Crippen LogP contribution in [0.3, 0.4) is 0 Å². The van der Waals surface area contributed by atoms with Crippen molar-refractivity contribution in [3.63, 3.8) is 0 Å². The molecule has 2 aliphatic heterocycles. The van der Waals surface area contributed by atoms with Crippen molar-refractivity contribution in [3.8, 4) is 5.75 Å². The Hall–Kier alpha value is -2.33. The highest BCUT2D eigenvalue weighted by Gasteiger charge is 2.60. The van der Waals surface area contributed by atoms with Crippen molar-refractivity contribution in [1.29, 1.82) is 0 Å². The monoisotopic (exact) mass is 390 g/mol. The molecule has 152 valence electrons. The molecular formula is C25H30N2O2. The maximum atomic E-state index is 14.0. The normalized spacial score (nSPS) is 32.8. The second-order valence-electron chi connectivity index (χ2n) is 9.15. The van der Waals surface area contributed by atoms with Crippen molar-refractivity contribution in [2.45, 2.75) is 63.2 Å². The number of para-hydroxylation sites is 1. The molecule has 3 aliphatic rings. The van der Waals surface area contributed by atoms with Crippen molar-refractivity contribution in [2.24, 2.45) is 5.41 Å². The predicted octanol–water partition coefficient (Wildman–Crippen LogP) is 4.05. The minimum atomic E-state index is 0.119. The van der Waals surface area contributed by atoms with E-state index in [2.05, 4.69) is 47.5 Å². The van der Waals surface area contributed by atoms with Crippen molar-refractivity contribution in [3.05, 3.63) is 65.7 Å². The summed E-state index contributed by atoms with van der Waals surface area (Å²) in [6.07, 6.45) is 5.54. The molecule has 0 unspecified atom stereocenters. The minimum Gasteiger partial charge on any atom is -0.496 e. The SMILES string of the molecule is COc1ccccc1C(=O)N1[C@H](Cc2ccccc2)[C@@H]2C[C@@]3(C)[C@H](CCC[C@@H]13)N2. The number of methoxy groups -OCH3 is 1. The van der Waals surface area contributed by atoms with Gasteiger partial charge in [0.2, 0.25) is 0 Å². The van der Waals surface area contributed by atoms with Gasteiger partial charge in [-0.3, -0.25) is 4.79 Å². The Balaban J connectivity index is 1.57. The van der Waals surface area contributed by atoms with Gasteiger partial charge in [-0.1, -0.05) is 49.4 Å². The van der Waals surface area contributed by atoms with Gasteiger partial charge in [-0.2, -0.15) is 0 Å². The summed E-state index contributed by atoms with van der Waals surface area (Å²) in [5.74, 6) is 0.785. The molecule has 1 N–H and O–H groups in total. The Morgan fingerprint density at radius 2 is 1.90 bits per heavy atom. The first-order chi connectivity index (χ1) is 14.1. The van der Waals surface area contributed by atoms with Crippen LogP contribution in [0.25, 0.3) is 0 Å². The Bertz CT molecular complexity index is 899. The van der Waals surface area contributed by atoms with Crippen LogP contribution in [-0.4, -0.2) is 42.1 Å². The van der Waals surface area contributed by atoms with Crippen LogP contribution in [0, 0.1) is 5.41 Å². The van der Waals surface area contributed by atoms with Gasteiger partial charge in [-0.15, -0.1) is 0 Å². The van der Waals surface area contributed by atoms with Crippen LogP contribution in [0.4, 0.5) is 0 Å². The van der Waals surface area contributed by atoms with Crippen LogP contribution in [-0.2, 0) is 6.42 Å². The fourth-order valence-corrected chi connectivity index (χ4v) is 6.23. The summed E-state index contributed by atoms with van der Waals surface area (Å²) in [7, 11) is 1.65. The standard InChI is InChI=1S/C25H30N2O2/c1-25-16-19-20(15-17-9-4-3-5-10-17)27(23(25)14-8-13-22(25)26-19)24(28)18-11-6-7-12-21(18)29-2/h3-7,9-12,19-20,22-23,26H,8,13-16H2,1-2H3/t19-,20+,22-,23+,25-/m0/s1. The molecule has 5 rings (SSSR count). The Kier molecular flexibility index (Phi) is 4.62. The van der Waals surface area contributed by atoms with Gasteiger partial charge in [-0.25, -0.2) is 0 Å². The first-order valence-corrected chi connectivity index (χ1v) is 10.9. The zero-order chi connectivity index (χ0) is 20.0. The van der Waals surface area contributed by atoms with E-state index in [1.165, 1.54) is 18.4 Å². The van der Waals surface area contributed by atoms with Crippen molar-refractivity contribution < 1.29 is 9.53 Å². The van der Waals surface area contributed by atoms with E-state index in [9.17, 15) is 4.79 Å². The lowest BCUT2D eigenvalue weighted by Gasteiger charge is -2.53. The first kappa shape index (κ1) is 18.7. The molecule has 1 saturated carbocycles. The van der Waals surface area contributed by atoms with E-state index in [1.807, 2.05) is 24.3 Å². The molecule has 0 aromatic heterocycles. The van der Waals surface area contributed by atoms with Crippen LogP contribution >= 0.6 is 0 Å². The predicted molar refractivity (Wildman–Crippen MR) is 114 cm³/mol. The fourth-order valence-electron chi connectivity index (χ4n) is 6.23. The molecule has 1 amide bonds. The van der Waals surface area contributed by atoms with Gasteiger partial charge < -0.3 is 15.0 Å². The average Bonchev–Trinajstić information content (AvgIpc) is 3.10. The summed E-state index contributed by atoms with van der Waals surface area (Å²) in [6, 6.07) is 19.6. The van der Waals surface area contributed by atoms with Crippen LogP contribution in [0.15, 0.2) is 54.6 Å². The summed E-state index contributed by atoms with van der Waals surface area (Å²) in [5, 5.41) is 3.93. The first-order valence-electron chi connectivity index (χ1n) is 10.9. The summed E-state index contributed by atoms with van der Waals surface area (Å²) in [5.41, 5.74) is 2.13. The van der Waals surface area contributed by atoms with Crippen LogP contribution < -0.4 is 10.1 Å². The summed E-state index contributed by atoms with van der Waals surface area (Å²) >= 11 is 0. The molecular weight excluding hydrogens is 360 g/mol. The van der Waals surface area contributed by atoms with Gasteiger partial charge in [0, 0.05) is 23.5 Å². The highest BCUT2D eigenvalue weighted by Crippen LogP contribution is 2.52. The third-order valence-electron chi connectivity index (χ3n) is 7.62. The maximum Gasteiger partial charge on any atom is 0.258 e. The van der Waals surface area contributed by atoms with Gasteiger partial charge in [0.15, 0.2) is 0 Å². The molecule has 29 heavy (non-hydrogen) atoms. The minimum absolute atomic E-state index is 0.119. The zero-order valence-corrected chi connectivity index (χ0v) is 17.3. The van der Waals surface area contributed by atoms with Crippen molar-refractivity contribution >= 4 is 5.91 Å². The van der Waals surface area contributed by atoms with Gasteiger partial charge in [0.25, 0.3) is 5.91 Å². The highest BCUT2D eigenvalue weighted by molar-refractivity contribution is 5.97. The number of hydrogen-bond acceptors (Lipinski definition) is 3. The molecule has 0 radical (unpaired) electrons. The van der Waals surface area contributed by atoms with E-state index in [0.29, 0.717) is 23.4 Å². The Labute approximate surface area is 173 Å². The fraction of sp³-hybridized carbons (Fsp3) is 0.480. The number of likely N-dealkylation sites (tertiary alicyclic amines) is 1. The largest absolute Gasteiger partial charge is 0.496 e. The number of ether oxygens (including phenoxy) is 1. The number of nitrogens with one attached hydrogen (secondary N) is 1. The van der Waals surface area contributed by atoms with Crippen LogP contribution in [0.5, 0.6) is 5.75 Å². The van der Waals surface area contributed by atoms with Gasteiger partial charge in [-0.05, 0) is 49.8 Å². The molecule has 2 heterocycles. The van der Waals surface area contributed by atoms with E-state index in [4.69, 9.17) is 4.74 Å². The molecule has 3 fully saturated rings. The third kappa shape index (κ3) is 2.96. The Morgan fingerprint density at radius 3 is 2.69 bits per heavy atom. The summed E-state index contributed by atoms with van der Waals surface area (Å²) in [6.45, 7) is 2.40. The molecule has 0 spiro atoms. The van der Waals surface area contributed by atoms with Crippen LogP contribution in [0.2, 0.25) is 0 Å². The molecule has 2 saturated heterocycles. The number of carbonyl (C=O) groups is 1. The van der Waals surface area contributed by atoms with Crippen molar-refractivity contribution in [2.75, 3.05) is 7.11 Å². The molecule has 2 bridgehead atoms. The average molecular weight is 391 g/mol. The van der Waals surface area contributed by atoms with E-state index < -0.39 is 0 Å². The smallest absolute Gasteiger partial charge is 0.258 e. The summed E-state index contributed by atoms with van der Waals surface area (Å²) in [4.78, 5) is 16.2. The van der Waals surface area contributed by atoms with E-state index in [1.54, 1.807) is 7.11 Å². The molecule has 1 aliphatic carbocycles. The molecule has 2 aromatic carbocycles. The lowest BCUT2D eigenvalue weighted by atomic mass is 9.64. The van der Waals surface area contributed by atoms with E-state index >= 15 is 0 Å². The molecule has 2 aromatic rings. The molecule has 4 nitrogen and oxygen atoms in total. The van der Waals surface area contributed by atoms with E-state index in [-0.39, 0.29) is 23.4 Å². The second kappa shape index (κ2) is 7.17. The number of nitrogens with zero attached hydrogens (tertiary/aromatic N) is 1. The number of amides is 1. The third-order valence-corrected chi connectivity index (χ3v) is 7.62. The lowest BCUT2D eigenvalue weighted by molar-refractivity contribution is -0.0113. The number of rotatable bonds is 4. The number of carbonyl (C=O) groups excluding carboxylic acids is 1. The maximum absolute atomic E-state index is 14.0. The van der Waals surface area contributed by atoms with Crippen molar-refractivity contribution in [1.82, 2.24) is 10.2 Å². The zero-order valence-electron chi connectivity index (χ0n) is 17.3. The van der Waals surface area contributed by atoms with Gasteiger partial charge >= 0.3 is 0 Å². The van der Waals surface area contributed by atoms with Gasteiger partial charge in [0.1, 0.15) is 5.75 Å². The number of hydrogen-bond donors (Lipinski definition) is 1. The van der Waals surface area contributed by atoms with E-state index in [0.717, 1.165) is 19.3 Å².